The van der Waals surface area contributed by atoms with Crippen molar-refractivity contribution in [2.75, 3.05) is 0 Å². The largest absolute Gasteiger partial charge is 0.346 e. The molecule has 0 aliphatic heterocycles. The van der Waals surface area contributed by atoms with E-state index in [1.807, 2.05) is 37.4 Å². The van der Waals surface area contributed by atoms with Crippen LogP contribution in [0.15, 0.2) is 36.7 Å². The Morgan fingerprint density at radius 2 is 2.06 bits per heavy atom. The minimum Gasteiger partial charge on any atom is -0.346 e. The van der Waals surface area contributed by atoms with E-state index in [4.69, 9.17) is 0 Å². The van der Waals surface area contributed by atoms with Gasteiger partial charge in [0.2, 0.25) is 0 Å². The van der Waals surface area contributed by atoms with E-state index in [9.17, 15) is 0 Å². The van der Waals surface area contributed by atoms with Crippen LogP contribution < -0.4 is 0 Å². The molecular formula is C12H10N4. The van der Waals surface area contributed by atoms with Gasteiger partial charge in [-0.3, -0.25) is 0 Å². The van der Waals surface area contributed by atoms with Crippen LogP contribution in [-0.2, 0) is 0 Å². The molecule has 0 aliphatic carbocycles. The van der Waals surface area contributed by atoms with Crippen LogP contribution in [0.4, 0.5) is 0 Å². The lowest BCUT2D eigenvalue weighted by Gasteiger charge is -2.00. The van der Waals surface area contributed by atoms with E-state index >= 15 is 0 Å². The van der Waals surface area contributed by atoms with Crippen molar-refractivity contribution >= 4 is 11.0 Å². The monoisotopic (exact) mass is 210 g/mol. The molecule has 0 aliphatic rings. The lowest BCUT2D eigenvalue weighted by Crippen LogP contribution is -1.92. The van der Waals surface area contributed by atoms with E-state index in [2.05, 4.69) is 19.9 Å². The summed E-state index contributed by atoms with van der Waals surface area (Å²) < 4.78 is 0. The number of rotatable bonds is 1. The Hall–Kier alpha value is -2.23. The van der Waals surface area contributed by atoms with Crippen LogP contribution in [0.5, 0.6) is 0 Å². The van der Waals surface area contributed by atoms with Crippen molar-refractivity contribution in [1.29, 1.82) is 0 Å². The molecule has 0 amide bonds. The standard InChI is InChI=1S/C12H10N4/c1-8-3-2-4-10(15-8)12-14-7-9-5-6-13-11(9)16-12/h2-7H,1H3,(H,13,14,16). The van der Waals surface area contributed by atoms with Crippen LogP contribution in [0, 0.1) is 6.92 Å². The number of aromatic nitrogens is 4. The number of H-pyrrole nitrogens is 1. The van der Waals surface area contributed by atoms with Gasteiger partial charge in [-0.25, -0.2) is 15.0 Å². The third kappa shape index (κ3) is 1.44. The van der Waals surface area contributed by atoms with Crippen molar-refractivity contribution in [3.8, 4) is 11.5 Å². The van der Waals surface area contributed by atoms with Gasteiger partial charge in [0.15, 0.2) is 5.82 Å². The summed E-state index contributed by atoms with van der Waals surface area (Å²) in [6.07, 6.45) is 3.66. The van der Waals surface area contributed by atoms with Gasteiger partial charge in [-0.1, -0.05) is 6.07 Å². The summed E-state index contributed by atoms with van der Waals surface area (Å²) in [5.41, 5.74) is 2.61. The Morgan fingerprint density at radius 1 is 1.12 bits per heavy atom. The van der Waals surface area contributed by atoms with Crippen molar-refractivity contribution in [2.45, 2.75) is 6.92 Å². The highest BCUT2D eigenvalue weighted by Gasteiger charge is 2.04. The second kappa shape index (κ2) is 3.41. The molecule has 0 aromatic carbocycles. The average molecular weight is 210 g/mol. The quantitative estimate of drug-likeness (QED) is 0.670. The van der Waals surface area contributed by atoms with Gasteiger partial charge in [0, 0.05) is 23.5 Å². The lowest BCUT2D eigenvalue weighted by molar-refractivity contribution is 1.13. The Labute approximate surface area is 92.4 Å². The minimum absolute atomic E-state index is 0.652. The third-order valence-electron chi connectivity index (χ3n) is 2.42. The summed E-state index contributed by atoms with van der Waals surface area (Å²) in [7, 11) is 0. The summed E-state index contributed by atoms with van der Waals surface area (Å²) in [5.74, 6) is 0.652. The first-order valence-electron chi connectivity index (χ1n) is 5.07. The SMILES string of the molecule is Cc1cccc(-c2ncc3cc[nH]c3n2)n1. The zero-order valence-corrected chi connectivity index (χ0v) is 8.81. The molecule has 0 fully saturated rings. The molecule has 16 heavy (non-hydrogen) atoms. The highest BCUT2D eigenvalue weighted by molar-refractivity contribution is 5.75. The number of pyridine rings is 1. The molecule has 0 atom stereocenters. The fourth-order valence-corrected chi connectivity index (χ4v) is 1.63. The first kappa shape index (κ1) is 9.03. The van der Waals surface area contributed by atoms with Crippen LogP contribution in [0.1, 0.15) is 5.69 Å². The van der Waals surface area contributed by atoms with Crippen LogP contribution in [0.25, 0.3) is 22.6 Å². The number of aryl methyl sites for hydroxylation is 1. The zero-order chi connectivity index (χ0) is 11.0. The molecule has 4 nitrogen and oxygen atoms in total. The molecule has 4 heteroatoms. The molecule has 3 aromatic rings. The topological polar surface area (TPSA) is 54.5 Å². The predicted molar refractivity (Wildman–Crippen MR) is 61.9 cm³/mol. The van der Waals surface area contributed by atoms with Gasteiger partial charge in [-0.2, -0.15) is 0 Å². The highest BCUT2D eigenvalue weighted by atomic mass is 15.0. The van der Waals surface area contributed by atoms with Gasteiger partial charge in [0.25, 0.3) is 0 Å². The van der Waals surface area contributed by atoms with Crippen molar-refractivity contribution in [2.24, 2.45) is 0 Å². The molecule has 3 rings (SSSR count). The minimum atomic E-state index is 0.652. The van der Waals surface area contributed by atoms with E-state index in [0.717, 1.165) is 22.4 Å². The van der Waals surface area contributed by atoms with Crippen LogP contribution in [-0.4, -0.2) is 19.9 Å². The van der Waals surface area contributed by atoms with Gasteiger partial charge in [-0.15, -0.1) is 0 Å². The fourth-order valence-electron chi connectivity index (χ4n) is 1.63. The van der Waals surface area contributed by atoms with E-state index in [-0.39, 0.29) is 0 Å². The predicted octanol–water partition coefficient (Wildman–Crippen LogP) is 2.33. The first-order valence-corrected chi connectivity index (χ1v) is 5.07. The third-order valence-corrected chi connectivity index (χ3v) is 2.42. The number of hydrogen-bond donors (Lipinski definition) is 1. The molecule has 3 heterocycles. The Balaban J connectivity index is 2.18. The lowest BCUT2D eigenvalue weighted by atomic mass is 10.3. The van der Waals surface area contributed by atoms with E-state index in [1.165, 1.54) is 0 Å². The summed E-state index contributed by atoms with van der Waals surface area (Å²) in [4.78, 5) is 16.2. The number of aromatic amines is 1. The van der Waals surface area contributed by atoms with Crippen LogP contribution in [0.2, 0.25) is 0 Å². The number of nitrogens with one attached hydrogen (secondary N) is 1. The molecule has 78 valence electrons. The van der Waals surface area contributed by atoms with Crippen molar-refractivity contribution in [3.63, 3.8) is 0 Å². The van der Waals surface area contributed by atoms with E-state index in [0.29, 0.717) is 5.82 Å². The highest BCUT2D eigenvalue weighted by Crippen LogP contribution is 2.15. The van der Waals surface area contributed by atoms with Crippen LogP contribution in [0.3, 0.4) is 0 Å². The molecule has 3 aromatic heterocycles. The Bertz CT molecular complexity index is 642. The molecule has 0 saturated carbocycles. The second-order valence-electron chi connectivity index (χ2n) is 3.64. The van der Waals surface area contributed by atoms with Gasteiger partial charge in [0.1, 0.15) is 11.3 Å². The second-order valence-corrected chi connectivity index (χ2v) is 3.64. The van der Waals surface area contributed by atoms with E-state index in [1.54, 1.807) is 6.20 Å². The molecule has 0 bridgehead atoms. The maximum atomic E-state index is 4.42. The molecule has 1 N–H and O–H groups in total. The number of nitrogens with zero attached hydrogens (tertiary/aromatic N) is 3. The zero-order valence-electron chi connectivity index (χ0n) is 8.81. The smallest absolute Gasteiger partial charge is 0.180 e. The van der Waals surface area contributed by atoms with E-state index < -0.39 is 0 Å². The molecule has 0 radical (unpaired) electrons. The average Bonchev–Trinajstić information content (AvgIpc) is 2.75. The molecule has 0 unspecified atom stereocenters. The van der Waals surface area contributed by atoms with Gasteiger partial charge < -0.3 is 4.98 Å². The Kier molecular flexibility index (Phi) is 1.93. The van der Waals surface area contributed by atoms with Crippen molar-refractivity contribution < 1.29 is 0 Å². The van der Waals surface area contributed by atoms with Gasteiger partial charge >= 0.3 is 0 Å². The maximum absolute atomic E-state index is 4.42. The summed E-state index contributed by atoms with van der Waals surface area (Å²) >= 11 is 0. The fraction of sp³-hybridized carbons (Fsp3) is 0.0833. The van der Waals surface area contributed by atoms with Crippen molar-refractivity contribution in [1.82, 2.24) is 19.9 Å². The normalized spacial score (nSPS) is 10.8. The summed E-state index contributed by atoms with van der Waals surface area (Å²) in [5, 5.41) is 1.01. The van der Waals surface area contributed by atoms with Gasteiger partial charge in [-0.05, 0) is 25.1 Å². The maximum Gasteiger partial charge on any atom is 0.180 e. The Morgan fingerprint density at radius 3 is 2.94 bits per heavy atom. The van der Waals surface area contributed by atoms with Crippen molar-refractivity contribution in [3.05, 3.63) is 42.4 Å². The summed E-state index contributed by atoms with van der Waals surface area (Å²) in [6.45, 7) is 1.96. The summed E-state index contributed by atoms with van der Waals surface area (Å²) in [6, 6.07) is 7.77. The number of fused-ring (bicyclic) bond motifs is 1. The number of hydrogen-bond acceptors (Lipinski definition) is 3. The van der Waals surface area contributed by atoms with Crippen LogP contribution >= 0.6 is 0 Å². The molecular weight excluding hydrogens is 200 g/mol. The molecule has 0 saturated heterocycles. The first-order chi connectivity index (χ1) is 7.83. The molecule has 0 spiro atoms. The van der Waals surface area contributed by atoms with Gasteiger partial charge in [0.05, 0.1) is 0 Å².